The zero-order valence-electron chi connectivity index (χ0n) is 27.8. The molecule has 7 rings (SSSR count). The maximum atomic E-state index is 13.7. The van der Waals surface area contributed by atoms with E-state index in [4.69, 9.17) is 9.97 Å². The van der Waals surface area contributed by atoms with Crippen LogP contribution in [-0.4, -0.2) is 55.4 Å². The summed E-state index contributed by atoms with van der Waals surface area (Å²) >= 11 is 0. The average Bonchev–Trinajstić information content (AvgIpc) is 3.59. The lowest BCUT2D eigenvalue weighted by Gasteiger charge is -2.37. The summed E-state index contributed by atoms with van der Waals surface area (Å²) in [7, 11) is 2.01. The first kappa shape index (κ1) is 31.8. The number of nitrogens with one attached hydrogen (secondary N) is 1. The fourth-order valence-corrected chi connectivity index (χ4v) is 7.04. The summed E-state index contributed by atoms with van der Waals surface area (Å²) in [6.45, 7) is 14.7. The average molecular weight is 649 g/mol. The molecule has 1 N–H and O–H groups in total. The van der Waals surface area contributed by atoms with E-state index in [0.717, 1.165) is 114 Å². The monoisotopic (exact) mass is 648 g/mol. The van der Waals surface area contributed by atoms with E-state index < -0.39 is 11.6 Å². The third-order valence-corrected chi connectivity index (χ3v) is 9.56. The molecule has 0 atom stereocenters. The van der Waals surface area contributed by atoms with Gasteiger partial charge in [-0.1, -0.05) is 26.0 Å². The number of pyridine rings is 1. The minimum atomic E-state index is -0.536. The second-order valence-electron chi connectivity index (χ2n) is 13.1. The standard InChI is InChI=1S/C38H42F2N8/c1-25-17-29-20-35(42-25)33-23-41-45(4)36(33)9-7-5-6-8-13-48-37-22-32(10-11-34(37)44-38(48)43-27(29)3)47-16-15-46(24-26(47)2)14-12-28-18-30(39)21-31(40)19-28/h10-11,17-23H,2-3,5-9,12-16,24H2,1,4H3,(H,43,44). The lowest BCUT2D eigenvalue weighted by molar-refractivity contribution is 0.283. The summed E-state index contributed by atoms with van der Waals surface area (Å²) in [6, 6.07) is 14.3. The Labute approximate surface area is 280 Å². The highest BCUT2D eigenvalue weighted by Gasteiger charge is 2.23. The second-order valence-corrected chi connectivity index (χ2v) is 13.1. The molecule has 2 aliphatic rings. The number of fused-ring (bicyclic) bond motifs is 7. The molecule has 0 radical (unpaired) electrons. The van der Waals surface area contributed by atoms with Crippen LogP contribution in [0.2, 0.25) is 0 Å². The van der Waals surface area contributed by atoms with Crippen LogP contribution in [0.25, 0.3) is 28.0 Å². The van der Waals surface area contributed by atoms with Gasteiger partial charge in [-0.05, 0) is 80.6 Å². The minimum absolute atomic E-state index is 0.536. The molecule has 48 heavy (non-hydrogen) atoms. The van der Waals surface area contributed by atoms with E-state index in [1.54, 1.807) is 0 Å². The largest absolute Gasteiger partial charge is 0.343 e. The van der Waals surface area contributed by atoms with Gasteiger partial charge in [-0.15, -0.1) is 0 Å². The van der Waals surface area contributed by atoms with Crippen molar-refractivity contribution >= 4 is 28.4 Å². The van der Waals surface area contributed by atoms with Crippen molar-refractivity contribution in [2.75, 3.05) is 36.4 Å². The highest BCUT2D eigenvalue weighted by Crippen LogP contribution is 2.32. The zero-order chi connectivity index (χ0) is 33.4. The van der Waals surface area contributed by atoms with Gasteiger partial charge in [0.2, 0.25) is 5.95 Å². The fraction of sp³-hybridized carbons (Fsp3) is 0.342. The van der Waals surface area contributed by atoms with E-state index in [2.05, 4.69) is 68.3 Å². The number of aryl methyl sites for hydroxylation is 3. The summed E-state index contributed by atoms with van der Waals surface area (Å²) in [4.78, 5) is 14.5. The second kappa shape index (κ2) is 13.4. The number of piperazine rings is 1. The molecule has 5 aromatic rings. The summed E-state index contributed by atoms with van der Waals surface area (Å²) in [5.74, 6) is -0.296. The smallest absolute Gasteiger partial charge is 0.208 e. The van der Waals surface area contributed by atoms with Crippen molar-refractivity contribution in [3.05, 3.63) is 108 Å². The number of benzene rings is 2. The molecular formula is C38H42F2N8. The Kier molecular flexibility index (Phi) is 8.83. The van der Waals surface area contributed by atoms with Crippen molar-refractivity contribution in [3.63, 3.8) is 0 Å². The maximum Gasteiger partial charge on any atom is 0.208 e. The van der Waals surface area contributed by atoms with Crippen molar-refractivity contribution in [2.24, 2.45) is 7.05 Å². The molecule has 1 saturated heterocycles. The van der Waals surface area contributed by atoms with E-state index in [1.807, 2.05) is 24.9 Å². The zero-order valence-corrected chi connectivity index (χ0v) is 27.8. The third-order valence-electron chi connectivity index (χ3n) is 9.56. The lowest BCUT2D eigenvalue weighted by atomic mass is 10.0. The highest BCUT2D eigenvalue weighted by molar-refractivity contribution is 5.85. The Morgan fingerprint density at radius 1 is 0.896 bits per heavy atom. The van der Waals surface area contributed by atoms with Gasteiger partial charge in [0.05, 0.1) is 22.9 Å². The quantitative estimate of drug-likeness (QED) is 0.218. The van der Waals surface area contributed by atoms with E-state index in [0.29, 0.717) is 25.1 Å². The van der Waals surface area contributed by atoms with Crippen LogP contribution in [0, 0.1) is 18.6 Å². The van der Waals surface area contributed by atoms with Crippen LogP contribution in [0.15, 0.2) is 73.6 Å². The first-order chi connectivity index (χ1) is 23.2. The molecule has 3 aromatic heterocycles. The summed E-state index contributed by atoms with van der Waals surface area (Å²) in [5.41, 5.74) is 10.6. The van der Waals surface area contributed by atoms with E-state index >= 15 is 0 Å². The van der Waals surface area contributed by atoms with Gasteiger partial charge in [0.25, 0.3) is 0 Å². The Bertz CT molecular complexity index is 1990. The van der Waals surface area contributed by atoms with Crippen LogP contribution < -0.4 is 10.2 Å². The van der Waals surface area contributed by atoms with Gasteiger partial charge in [-0.25, -0.2) is 13.8 Å². The molecule has 2 bridgehead atoms. The van der Waals surface area contributed by atoms with E-state index in [1.165, 1.54) is 17.8 Å². The van der Waals surface area contributed by atoms with Gasteiger partial charge in [-0.2, -0.15) is 5.10 Å². The van der Waals surface area contributed by atoms with Crippen molar-refractivity contribution in [1.82, 2.24) is 29.2 Å². The summed E-state index contributed by atoms with van der Waals surface area (Å²) in [6.07, 6.45) is 7.82. The minimum Gasteiger partial charge on any atom is -0.343 e. The Morgan fingerprint density at radius 2 is 1.71 bits per heavy atom. The van der Waals surface area contributed by atoms with Gasteiger partial charge in [0, 0.05) is 85.4 Å². The molecule has 248 valence electrons. The van der Waals surface area contributed by atoms with Crippen LogP contribution in [0.5, 0.6) is 0 Å². The molecule has 1 fully saturated rings. The molecule has 0 saturated carbocycles. The van der Waals surface area contributed by atoms with Crippen molar-refractivity contribution < 1.29 is 8.78 Å². The molecular weight excluding hydrogens is 606 g/mol. The first-order valence-corrected chi connectivity index (χ1v) is 16.8. The number of aromatic nitrogens is 5. The van der Waals surface area contributed by atoms with Crippen LogP contribution in [-0.2, 0) is 26.4 Å². The first-order valence-electron chi connectivity index (χ1n) is 16.8. The van der Waals surface area contributed by atoms with Gasteiger partial charge < -0.3 is 14.8 Å². The van der Waals surface area contributed by atoms with Crippen molar-refractivity contribution in [1.29, 1.82) is 0 Å². The van der Waals surface area contributed by atoms with Crippen LogP contribution in [0.4, 0.5) is 20.4 Å². The molecule has 0 aliphatic carbocycles. The Morgan fingerprint density at radius 3 is 2.52 bits per heavy atom. The number of imidazole rings is 1. The molecule has 5 heterocycles. The molecule has 0 unspecified atom stereocenters. The number of halogens is 2. The molecule has 8 nitrogen and oxygen atoms in total. The molecule has 0 spiro atoms. The number of rotatable bonds is 4. The fourth-order valence-electron chi connectivity index (χ4n) is 7.04. The van der Waals surface area contributed by atoms with Crippen molar-refractivity contribution in [3.8, 4) is 11.3 Å². The lowest BCUT2D eigenvalue weighted by Crippen LogP contribution is -2.45. The summed E-state index contributed by atoms with van der Waals surface area (Å²) in [5, 5.41) is 8.12. The number of hydrogen-bond acceptors (Lipinski definition) is 6. The molecule has 2 aromatic carbocycles. The normalized spacial score (nSPS) is 16.3. The number of hydrogen-bond donors (Lipinski definition) is 1. The maximum absolute atomic E-state index is 13.7. The third kappa shape index (κ3) is 6.62. The van der Waals surface area contributed by atoms with Crippen LogP contribution in [0.1, 0.15) is 48.2 Å². The van der Waals surface area contributed by atoms with E-state index in [-0.39, 0.29) is 0 Å². The van der Waals surface area contributed by atoms with Gasteiger partial charge in [0.15, 0.2) is 0 Å². The predicted molar refractivity (Wildman–Crippen MR) is 189 cm³/mol. The number of nitrogens with zero attached hydrogens (tertiary/aromatic N) is 7. The predicted octanol–water partition coefficient (Wildman–Crippen LogP) is 7.50. The van der Waals surface area contributed by atoms with Gasteiger partial charge in [0.1, 0.15) is 11.6 Å². The Balaban J connectivity index is 1.13. The van der Waals surface area contributed by atoms with Crippen LogP contribution >= 0.6 is 0 Å². The Hall–Kier alpha value is -4.83. The van der Waals surface area contributed by atoms with E-state index in [9.17, 15) is 8.78 Å². The molecule has 2 aliphatic heterocycles. The van der Waals surface area contributed by atoms with Gasteiger partial charge >= 0.3 is 0 Å². The number of anilines is 2. The van der Waals surface area contributed by atoms with Crippen molar-refractivity contribution in [2.45, 2.75) is 52.0 Å². The van der Waals surface area contributed by atoms with Gasteiger partial charge in [-0.3, -0.25) is 14.6 Å². The topological polar surface area (TPSA) is 67.0 Å². The SMILES string of the molecule is C=C1Nc2nc3ccc(N4CCN(CCc5cc(F)cc(F)c5)CC4=C)cc3n2CCCCCCc2c(cnn2C)-c2cc1cc(C)n2. The van der Waals surface area contributed by atoms with Crippen LogP contribution in [0.3, 0.4) is 0 Å². The molecule has 0 amide bonds. The highest BCUT2D eigenvalue weighted by atomic mass is 19.1. The summed E-state index contributed by atoms with van der Waals surface area (Å²) < 4.78 is 31.6. The molecule has 10 heteroatoms.